The van der Waals surface area contributed by atoms with Crippen molar-refractivity contribution in [3.8, 4) is 5.75 Å². The van der Waals surface area contributed by atoms with Crippen LogP contribution >= 0.6 is 0 Å². The van der Waals surface area contributed by atoms with Gasteiger partial charge in [-0.25, -0.2) is 4.68 Å². The van der Waals surface area contributed by atoms with Gasteiger partial charge >= 0.3 is 0 Å². The lowest BCUT2D eigenvalue weighted by Gasteiger charge is -2.04. The van der Waals surface area contributed by atoms with E-state index in [0.29, 0.717) is 0 Å². The molecule has 17 heavy (non-hydrogen) atoms. The number of nitrogens with zero attached hydrogens (tertiary/aromatic N) is 3. The minimum Gasteiger partial charge on any atom is -0.507 e. The smallest absolute Gasteiger partial charge is 0.261 e. The van der Waals surface area contributed by atoms with Crippen LogP contribution in [-0.2, 0) is 7.05 Å². The van der Waals surface area contributed by atoms with Crippen molar-refractivity contribution in [1.82, 2.24) is 14.8 Å². The van der Waals surface area contributed by atoms with Crippen LogP contribution in [0.25, 0.3) is 0 Å². The number of para-hydroxylation sites is 1. The number of rotatable bonds is 2. The van der Waals surface area contributed by atoms with Gasteiger partial charge in [0.1, 0.15) is 5.75 Å². The molecule has 0 bridgehead atoms. The number of nitrogens with two attached hydrogens (primary N) is 1. The van der Waals surface area contributed by atoms with E-state index in [1.807, 2.05) is 0 Å². The number of amides is 1. The highest BCUT2D eigenvalue weighted by molar-refractivity contribution is 6.05. The topological polar surface area (TPSA) is 106 Å². The van der Waals surface area contributed by atoms with Crippen LogP contribution in [0.15, 0.2) is 24.3 Å². The maximum Gasteiger partial charge on any atom is 0.261 e. The molecule has 88 valence electrons. The van der Waals surface area contributed by atoms with E-state index in [0.717, 1.165) is 0 Å². The highest BCUT2D eigenvalue weighted by atomic mass is 16.3. The minimum absolute atomic E-state index is 0.0695. The number of aromatic nitrogens is 3. The summed E-state index contributed by atoms with van der Waals surface area (Å²) in [5.74, 6) is -0.283. The zero-order chi connectivity index (χ0) is 12.4. The van der Waals surface area contributed by atoms with Crippen LogP contribution in [0, 0.1) is 0 Å². The molecule has 0 atom stereocenters. The Hall–Kier alpha value is -2.57. The van der Waals surface area contributed by atoms with Crippen molar-refractivity contribution in [2.45, 2.75) is 0 Å². The van der Waals surface area contributed by atoms with Crippen molar-refractivity contribution < 1.29 is 9.90 Å². The third kappa shape index (κ3) is 2.17. The molecule has 0 unspecified atom stereocenters. The van der Waals surface area contributed by atoms with Crippen molar-refractivity contribution >= 4 is 17.8 Å². The molecule has 0 aliphatic carbocycles. The van der Waals surface area contributed by atoms with Gasteiger partial charge in [-0.3, -0.25) is 10.1 Å². The first-order valence-corrected chi connectivity index (χ1v) is 4.84. The lowest BCUT2D eigenvalue weighted by molar-refractivity contribution is 0.102. The number of hydrogen-bond acceptors (Lipinski definition) is 5. The molecule has 0 aliphatic rings. The van der Waals surface area contributed by atoms with E-state index in [2.05, 4.69) is 15.4 Å². The van der Waals surface area contributed by atoms with Gasteiger partial charge in [0.15, 0.2) is 0 Å². The summed E-state index contributed by atoms with van der Waals surface area (Å²) in [6.07, 6.45) is 0. The SMILES string of the molecule is Cn1nc(N)nc1NC(=O)c1ccccc1O. The quantitative estimate of drug-likeness (QED) is 0.694. The number of nitrogen functional groups attached to an aromatic ring is 1. The van der Waals surface area contributed by atoms with Crippen molar-refractivity contribution in [2.24, 2.45) is 7.05 Å². The molecular formula is C10H11N5O2. The normalized spacial score (nSPS) is 10.2. The molecule has 0 aliphatic heterocycles. The molecule has 0 spiro atoms. The number of nitrogens with one attached hydrogen (secondary N) is 1. The lowest BCUT2D eigenvalue weighted by Crippen LogP contribution is -2.15. The molecule has 1 aromatic carbocycles. The maximum atomic E-state index is 11.8. The summed E-state index contributed by atoms with van der Waals surface area (Å²) in [5.41, 5.74) is 5.54. The van der Waals surface area contributed by atoms with Crippen molar-refractivity contribution in [2.75, 3.05) is 11.1 Å². The monoisotopic (exact) mass is 233 g/mol. The Labute approximate surface area is 96.9 Å². The number of anilines is 2. The fraction of sp³-hybridized carbons (Fsp3) is 0.100. The molecule has 2 rings (SSSR count). The van der Waals surface area contributed by atoms with Gasteiger partial charge in [0.2, 0.25) is 11.9 Å². The molecule has 0 saturated carbocycles. The third-order valence-corrected chi connectivity index (χ3v) is 2.15. The third-order valence-electron chi connectivity index (χ3n) is 2.15. The number of phenolic OH excluding ortho intramolecular Hbond substituents is 1. The van der Waals surface area contributed by atoms with E-state index in [4.69, 9.17) is 5.73 Å². The molecule has 2 aromatic rings. The molecule has 0 saturated heterocycles. The van der Waals surface area contributed by atoms with E-state index in [1.165, 1.54) is 16.8 Å². The summed E-state index contributed by atoms with van der Waals surface area (Å²) < 4.78 is 1.34. The number of carbonyl (C=O) groups excluding carboxylic acids is 1. The van der Waals surface area contributed by atoms with E-state index in [-0.39, 0.29) is 23.2 Å². The predicted molar refractivity (Wildman–Crippen MR) is 61.5 cm³/mol. The van der Waals surface area contributed by atoms with Crippen LogP contribution in [0.2, 0.25) is 0 Å². The molecular weight excluding hydrogens is 222 g/mol. The second-order valence-corrected chi connectivity index (χ2v) is 3.39. The Morgan fingerprint density at radius 1 is 1.47 bits per heavy atom. The Balaban J connectivity index is 2.23. The summed E-state index contributed by atoms with van der Waals surface area (Å²) in [5, 5.41) is 15.8. The fourth-order valence-corrected chi connectivity index (χ4v) is 1.35. The van der Waals surface area contributed by atoms with Crippen LogP contribution in [-0.4, -0.2) is 25.8 Å². The van der Waals surface area contributed by atoms with Gasteiger partial charge in [0.05, 0.1) is 5.56 Å². The van der Waals surface area contributed by atoms with Crippen LogP contribution in [0.3, 0.4) is 0 Å². The van der Waals surface area contributed by atoms with Crippen molar-refractivity contribution in [1.29, 1.82) is 0 Å². The molecule has 7 heteroatoms. The van der Waals surface area contributed by atoms with E-state index in [1.54, 1.807) is 19.2 Å². The van der Waals surface area contributed by atoms with Gasteiger partial charge in [0, 0.05) is 7.05 Å². The first kappa shape index (κ1) is 10.9. The van der Waals surface area contributed by atoms with Crippen LogP contribution in [0.4, 0.5) is 11.9 Å². The zero-order valence-corrected chi connectivity index (χ0v) is 9.08. The minimum atomic E-state index is -0.474. The first-order valence-electron chi connectivity index (χ1n) is 4.84. The average Bonchev–Trinajstić information content (AvgIpc) is 2.58. The first-order chi connectivity index (χ1) is 8.08. The Bertz CT molecular complexity index is 564. The van der Waals surface area contributed by atoms with Gasteiger partial charge < -0.3 is 10.8 Å². The summed E-state index contributed by atoms with van der Waals surface area (Å²) in [7, 11) is 1.60. The zero-order valence-electron chi connectivity index (χ0n) is 9.08. The number of aromatic hydroxyl groups is 1. The van der Waals surface area contributed by atoms with E-state index >= 15 is 0 Å². The van der Waals surface area contributed by atoms with Crippen molar-refractivity contribution in [3.05, 3.63) is 29.8 Å². The standard InChI is InChI=1S/C10H11N5O2/c1-15-10(13-9(11)14-15)12-8(17)6-4-2-3-5-7(6)16/h2-5,16H,1H3,(H3,11,12,13,14,17). The average molecular weight is 233 g/mol. The summed E-state index contributed by atoms with van der Waals surface area (Å²) >= 11 is 0. The maximum absolute atomic E-state index is 11.8. The molecule has 0 fully saturated rings. The summed E-state index contributed by atoms with van der Waals surface area (Å²) in [6.45, 7) is 0. The van der Waals surface area contributed by atoms with Crippen LogP contribution < -0.4 is 11.1 Å². The van der Waals surface area contributed by atoms with Gasteiger partial charge in [-0.05, 0) is 12.1 Å². The van der Waals surface area contributed by atoms with Crippen LogP contribution in [0.1, 0.15) is 10.4 Å². The predicted octanol–water partition coefficient (Wildman–Crippen LogP) is 0.355. The second-order valence-electron chi connectivity index (χ2n) is 3.39. The van der Waals surface area contributed by atoms with Gasteiger partial charge in [-0.15, -0.1) is 5.10 Å². The molecule has 1 heterocycles. The lowest BCUT2D eigenvalue weighted by atomic mass is 10.2. The Morgan fingerprint density at radius 3 is 2.76 bits per heavy atom. The largest absolute Gasteiger partial charge is 0.507 e. The van der Waals surface area contributed by atoms with Gasteiger partial charge in [-0.1, -0.05) is 12.1 Å². The molecule has 0 radical (unpaired) electrons. The van der Waals surface area contributed by atoms with E-state index in [9.17, 15) is 9.90 Å². The molecule has 7 nitrogen and oxygen atoms in total. The summed E-state index contributed by atoms with van der Waals surface area (Å²) in [4.78, 5) is 15.6. The highest BCUT2D eigenvalue weighted by Crippen LogP contribution is 2.17. The number of hydrogen-bond donors (Lipinski definition) is 3. The van der Waals surface area contributed by atoms with Gasteiger partial charge in [-0.2, -0.15) is 4.98 Å². The Morgan fingerprint density at radius 2 is 2.18 bits per heavy atom. The summed E-state index contributed by atoms with van der Waals surface area (Å²) in [6, 6.07) is 6.22. The number of carbonyl (C=O) groups is 1. The number of aryl methyl sites for hydroxylation is 1. The second kappa shape index (κ2) is 4.12. The molecule has 4 N–H and O–H groups in total. The molecule has 1 amide bonds. The van der Waals surface area contributed by atoms with Crippen molar-refractivity contribution in [3.63, 3.8) is 0 Å². The number of benzene rings is 1. The van der Waals surface area contributed by atoms with Crippen LogP contribution in [0.5, 0.6) is 5.75 Å². The highest BCUT2D eigenvalue weighted by Gasteiger charge is 2.13. The fourth-order valence-electron chi connectivity index (χ4n) is 1.35. The van der Waals surface area contributed by atoms with Gasteiger partial charge in [0.25, 0.3) is 5.91 Å². The number of phenols is 1. The Kier molecular flexibility index (Phi) is 2.65. The van der Waals surface area contributed by atoms with E-state index < -0.39 is 5.91 Å². The molecule has 1 aromatic heterocycles.